The quantitative estimate of drug-likeness (QED) is 0.910. The first kappa shape index (κ1) is 17.5. The van der Waals surface area contributed by atoms with E-state index < -0.39 is 6.09 Å². The third-order valence-corrected chi connectivity index (χ3v) is 3.84. The molecule has 1 atom stereocenters. The van der Waals surface area contributed by atoms with Gasteiger partial charge in [0.1, 0.15) is 0 Å². The summed E-state index contributed by atoms with van der Waals surface area (Å²) in [6, 6.07) is 17.0. The molecule has 2 aromatic rings. The summed E-state index contributed by atoms with van der Waals surface area (Å²) in [4.78, 5) is 25.8. The number of likely N-dealkylation sites (N-methyl/N-ethyl adjacent to an activating group) is 1. The predicted octanol–water partition coefficient (Wildman–Crippen LogP) is 3.74. The van der Waals surface area contributed by atoms with Gasteiger partial charge in [-0.25, -0.2) is 4.79 Å². The van der Waals surface area contributed by atoms with Crippen LogP contribution in [-0.2, 0) is 4.74 Å². The summed E-state index contributed by atoms with van der Waals surface area (Å²) in [6.07, 6.45) is -0.601. The molecule has 0 saturated heterocycles. The van der Waals surface area contributed by atoms with Gasteiger partial charge in [-0.2, -0.15) is 0 Å². The summed E-state index contributed by atoms with van der Waals surface area (Å²) in [6.45, 7) is 2.66. The van der Waals surface area contributed by atoms with Gasteiger partial charge in [0.15, 0.2) is 0 Å². The number of anilines is 1. The molecular formula is C19H22N2O3. The highest BCUT2D eigenvalue weighted by Gasteiger charge is 2.19. The van der Waals surface area contributed by atoms with Crippen molar-refractivity contribution in [3.8, 4) is 0 Å². The standard InChI is InChI=1S/C19H22N2O3/c1-14(15-9-5-4-6-10-15)13-21(2)18(22)16-11-7-8-12-17(16)20-19(23)24-3/h4-12,14H,13H2,1-3H3,(H,20,23)/t14-/m1/s1. The molecule has 0 spiro atoms. The van der Waals surface area contributed by atoms with E-state index in [0.717, 1.165) is 0 Å². The van der Waals surface area contributed by atoms with Gasteiger partial charge in [0, 0.05) is 13.6 Å². The second-order valence-electron chi connectivity index (χ2n) is 5.66. The molecule has 0 aliphatic rings. The summed E-state index contributed by atoms with van der Waals surface area (Å²) in [7, 11) is 3.05. The van der Waals surface area contributed by atoms with Crippen LogP contribution in [0.25, 0.3) is 0 Å². The molecule has 0 radical (unpaired) electrons. The lowest BCUT2D eigenvalue weighted by atomic mass is 10.0. The number of carbonyl (C=O) groups excluding carboxylic acids is 2. The van der Waals surface area contributed by atoms with Crippen LogP contribution in [0.4, 0.5) is 10.5 Å². The van der Waals surface area contributed by atoms with Gasteiger partial charge in [-0.05, 0) is 23.6 Å². The largest absolute Gasteiger partial charge is 0.453 e. The van der Waals surface area contributed by atoms with Crippen LogP contribution >= 0.6 is 0 Å². The van der Waals surface area contributed by atoms with E-state index >= 15 is 0 Å². The molecular weight excluding hydrogens is 304 g/mol. The summed E-state index contributed by atoms with van der Waals surface area (Å²) >= 11 is 0. The van der Waals surface area contributed by atoms with Crippen LogP contribution in [0.2, 0.25) is 0 Å². The van der Waals surface area contributed by atoms with E-state index in [0.29, 0.717) is 17.8 Å². The van der Waals surface area contributed by atoms with Gasteiger partial charge in [-0.1, -0.05) is 49.4 Å². The Morgan fingerprint density at radius 2 is 1.71 bits per heavy atom. The average molecular weight is 326 g/mol. The number of carbonyl (C=O) groups is 2. The SMILES string of the molecule is COC(=O)Nc1ccccc1C(=O)N(C)C[C@@H](C)c1ccccc1. The number of benzene rings is 2. The second-order valence-corrected chi connectivity index (χ2v) is 5.66. The first-order chi connectivity index (χ1) is 11.5. The molecule has 126 valence electrons. The van der Waals surface area contributed by atoms with Crippen LogP contribution < -0.4 is 5.32 Å². The zero-order valence-electron chi connectivity index (χ0n) is 14.2. The smallest absolute Gasteiger partial charge is 0.411 e. The van der Waals surface area contributed by atoms with E-state index in [1.807, 2.05) is 18.2 Å². The Kier molecular flexibility index (Phi) is 5.95. The zero-order chi connectivity index (χ0) is 17.5. The lowest BCUT2D eigenvalue weighted by Crippen LogP contribution is -2.31. The fraction of sp³-hybridized carbons (Fsp3) is 0.263. The summed E-state index contributed by atoms with van der Waals surface area (Å²) < 4.78 is 4.60. The van der Waals surface area contributed by atoms with Crippen LogP contribution in [0.15, 0.2) is 54.6 Å². The molecule has 0 aliphatic heterocycles. The number of rotatable bonds is 5. The topological polar surface area (TPSA) is 58.6 Å². The summed E-state index contributed by atoms with van der Waals surface area (Å²) in [5.74, 6) is 0.0608. The number of amides is 2. The van der Waals surface area contributed by atoms with E-state index in [1.165, 1.54) is 12.7 Å². The molecule has 2 aromatic carbocycles. The van der Waals surface area contributed by atoms with Crippen molar-refractivity contribution in [1.29, 1.82) is 0 Å². The van der Waals surface area contributed by atoms with E-state index in [2.05, 4.69) is 29.1 Å². The molecule has 0 bridgehead atoms. The Morgan fingerprint density at radius 3 is 2.38 bits per heavy atom. The van der Waals surface area contributed by atoms with Crippen LogP contribution in [0.5, 0.6) is 0 Å². The van der Waals surface area contributed by atoms with Gasteiger partial charge in [0.25, 0.3) is 5.91 Å². The fourth-order valence-corrected chi connectivity index (χ4v) is 2.53. The molecule has 0 saturated carbocycles. The third kappa shape index (κ3) is 4.35. The molecule has 0 aromatic heterocycles. The number of methoxy groups -OCH3 is 1. The van der Waals surface area contributed by atoms with Crippen molar-refractivity contribution in [1.82, 2.24) is 4.90 Å². The molecule has 0 aliphatic carbocycles. The van der Waals surface area contributed by atoms with Crippen LogP contribution in [0.3, 0.4) is 0 Å². The van der Waals surface area contributed by atoms with Crippen LogP contribution in [-0.4, -0.2) is 37.6 Å². The monoisotopic (exact) mass is 326 g/mol. The first-order valence-electron chi connectivity index (χ1n) is 7.77. The third-order valence-electron chi connectivity index (χ3n) is 3.84. The van der Waals surface area contributed by atoms with Gasteiger partial charge >= 0.3 is 6.09 Å². The Morgan fingerprint density at radius 1 is 1.08 bits per heavy atom. The van der Waals surface area contributed by atoms with E-state index in [1.54, 1.807) is 36.2 Å². The van der Waals surface area contributed by atoms with Crippen molar-refractivity contribution >= 4 is 17.7 Å². The molecule has 2 amide bonds. The number of para-hydroxylation sites is 1. The van der Waals surface area contributed by atoms with Gasteiger partial charge in [0.05, 0.1) is 18.4 Å². The minimum atomic E-state index is -0.601. The maximum Gasteiger partial charge on any atom is 0.411 e. The Balaban J connectivity index is 2.12. The number of hydrogen-bond acceptors (Lipinski definition) is 3. The molecule has 1 N–H and O–H groups in total. The summed E-state index contributed by atoms with van der Waals surface area (Å²) in [5, 5.41) is 2.57. The molecule has 0 fully saturated rings. The van der Waals surface area contributed by atoms with Crippen molar-refractivity contribution < 1.29 is 14.3 Å². The van der Waals surface area contributed by atoms with Gasteiger partial charge in [0.2, 0.25) is 0 Å². The number of hydrogen-bond donors (Lipinski definition) is 1. The molecule has 2 rings (SSSR count). The molecule has 0 heterocycles. The normalized spacial score (nSPS) is 11.5. The highest BCUT2D eigenvalue weighted by molar-refractivity contribution is 6.02. The van der Waals surface area contributed by atoms with Crippen LogP contribution in [0.1, 0.15) is 28.8 Å². The lowest BCUT2D eigenvalue weighted by molar-refractivity contribution is 0.0789. The van der Waals surface area contributed by atoms with Gasteiger partial charge < -0.3 is 9.64 Å². The van der Waals surface area contributed by atoms with Crippen molar-refractivity contribution in [2.45, 2.75) is 12.8 Å². The van der Waals surface area contributed by atoms with Crippen LogP contribution in [0, 0.1) is 0 Å². The Labute approximate surface area is 142 Å². The Hall–Kier alpha value is -2.82. The number of nitrogens with zero attached hydrogens (tertiary/aromatic N) is 1. The van der Waals surface area contributed by atoms with Crippen molar-refractivity contribution in [2.24, 2.45) is 0 Å². The number of nitrogens with one attached hydrogen (secondary N) is 1. The molecule has 5 nitrogen and oxygen atoms in total. The predicted molar refractivity (Wildman–Crippen MR) is 94.3 cm³/mol. The maximum absolute atomic E-state index is 12.7. The summed E-state index contributed by atoms with van der Waals surface area (Å²) in [5.41, 5.74) is 2.05. The highest BCUT2D eigenvalue weighted by atomic mass is 16.5. The van der Waals surface area contributed by atoms with Crippen molar-refractivity contribution in [3.05, 3.63) is 65.7 Å². The molecule has 0 unspecified atom stereocenters. The second kappa shape index (κ2) is 8.15. The molecule has 5 heteroatoms. The highest BCUT2D eigenvalue weighted by Crippen LogP contribution is 2.20. The minimum absolute atomic E-state index is 0.148. The van der Waals surface area contributed by atoms with E-state index in [9.17, 15) is 9.59 Å². The van der Waals surface area contributed by atoms with Crippen molar-refractivity contribution in [2.75, 3.05) is 26.0 Å². The zero-order valence-corrected chi connectivity index (χ0v) is 14.2. The maximum atomic E-state index is 12.7. The number of ether oxygens (including phenoxy) is 1. The van der Waals surface area contributed by atoms with Crippen molar-refractivity contribution in [3.63, 3.8) is 0 Å². The van der Waals surface area contributed by atoms with E-state index in [4.69, 9.17) is 0 Å². The lowest BCUT2D eigenvalue weighted by Gasteiger charge is -2.23. The molecule has 24 heavy (non-hydrogen) atoms. The minimum Gasteiger partial charge on any atom is -0.453 e. The van der Waals surface area contributed by atoms with Gasteiger partial charge in [-0.15, -0.1) is 0 Å². The first-order valence-corrected chi connectivity index (χ1v) is 7.77. The Bertz CT molecular complexity index is 701. The average Bonchev–Trinajstić information content (AvgIpc) is 2.62. The van der Waals surface area contributed by atoms with Gasteiger partial charge in [-0.3, -0.25) is 10.1 Å². The fourth-order valence-electron chi connectivity index (χ4n) is 2.53. The van der Waals surface area contributed by atoms with E-state index in [-0.39, 0.29) is 11.8 Å².